The van der Waals surface area contributed by atoms with E-state index in [0.29, 0.717) is 0 Å². The topological polar surface area (TPSA) is 64.1 Å². The molecule has 1 aromatic heterocycles. The molecule has 0 aliphatic heterocycles. The molecule has 4 heteroatoms. The summed E-state index contributed by atoms with van der Waals surface area (Å²) in [5.41, 5.74) is 5.37. The third-order valence-electron chi connectivity index (χ3n) is 2.46. The van der Waals surface area contributed by atoms with Crippen molar-refractivity contribution in [3.8, 4) is 0 Å². The van der Waals surface area contributed by atoms with Crippen LogP contribution in [0.15, 0.2) is 12.4 Å². The quantitative estimate of drug-likeness (QED) is 0.752. The molecular formula is C10H19N3O. The molecule has 14 heavy (non-hydrogen) atoms. The number of nitrogens with zero attached hydrogens (tertiary/aromatic N) is 2. The van der Waals surface area contributed by atoms with Crippen molar-refractivity contribution in [2.45, 2.75) is 38.8 Å². The van der Waals surface area contributed by atoms with Gasteiger partial charge in [0.25, 0.3) is 0 Å². The first-order chi connectivity index (χ1) is 6.46. The number of aliphatic hydroxyl groups excluding tert-OH is 1. The first-order valence-corrected chi connectivity index (χ1v) is 4.85. The number of rotatable bonds is 4. The molecule has 0 spiro atoms. The van der Waals surface area contributed by atoms with E-state index in [0.717, 1.165) is 12.2 Å². The highest BCUT2D eigenvalue weighted by atomic mass is 16.3. The van der Waals surface area contributed by atoms with Gasteiger partial charge in [-0.3, -0.25) is 0 Å². The monoisotopic (exact) mass is 197 g/mol. The molecule has 1 heterocycles. The fourth-order valence-corrected chi connectivity index (χ4v) is 1.69. The molecule has 0 fully saturated rings. The van der Waals surface area contributed by atoms with Gasteiger partial charge in [-0.1, -0.05) is 0 Å². The van der Waals surface area contributed by atoms with Gasteiger partial charge in [-0.15, -0.1) is 0 Å². The molecule has 2 atom stereocenters. The van der Waals surface area contributed by atoms with Crippen LogP contribution in [0, 0.1) is 6.92 Å². The second kappa shape index (κ2) is 4.11. The molecule has 0 saturated carbocycles. The van der Waals surface area contributed by atoms with E-state index in [-0.39, 0.29) is 12.6 Å². The molecule has 0 bridgehead atoms. The van der Waals surface area contributed by atoms with Crippen LogP contribution in [-0.2, 0) is 0 Å². The zero-order valence-electron chi connectivity index (χ0n) is 9.07. The van der Waals surface area contributed by atoms with Crippen molar-refractivity contribution in [3.05, 3.63) is 18.2 Å². The third-order valence-corrected chi connectivity index (χ3v) is 2.46. The first-order valence-electron chi connectivity index (χ1n) is 4.85. The minimum absolute atomic E-state index is 0.00504. The van der Waals surface area contributed by atoms with Gasteiger partial charge < -0.3 is 15.4 Å². The van der Waals surface area contributed by atoms with Gasteiger partial charge in [-0.25, -0.2) is 4.98 Å². The highest BCUT2D eigenvalue weighted by Crippen LogP contribution is 2.19. The zero-order valence-corrected chi connectivity index (χ0v) is 9.07. The molecule has 3 N–H and O–H groups in total. The lowest BCUT2D eigenvalue weighted by atomic mass is 9.96. The Morgan fingerprint density at radius 2 is 2.36 bits per heavy atom. The summed E-state index contributed by atoms with van der Waals surface area (Å²) >= 11 is 0. The van der Waals surface area contributed by atoms with Crippen LogP contribution in [0.5, 0.6) is 0 Å². The van der Waals surface area contributed by atoms with Crippen LogP contribution in [0.25, 0.3) is 0 Å². The van der Waals surface area contributed by atoms with Gasteiger partial charge in [-0.05, 0) is 27.2 Å². The molecule has 0 radical (unpaired) electrons. The minimum atomic E-state index is -0.518. The summed E-state index contributed by atoms with van der Waals surface area (Å²) < 4.78 is 2.07. The molecule has 0 aliphatic carbocycles. The first kappa shape index (κ1) is 11.2. The maximum absolute atomic E-state index is 9.06. The normalized spacial score (nSPS) is 17.8. The van der Waals surface area contributed by atoms with Crippen molar-refractivity contribution in [1.82, 2.24) is 9.55 Å². The minimum Gasteiger partial charge on any atom is -0.394 e. The van der Waals surface area contributed by atoms with E-state index in [1.54, 1.807) is 6.20 Å². The number of aryl methyl sites for hydroxylation is 1. The Labute approximate surface area is 84.8 Å². The number of nitrogens with two attached hydrogens (primary N) is 1. The largest absolute Gasteiger partial charge is 0.394 e. The van der Waals surface area contributed by atoms with Gasteiger partial charge in [-0.2, -0.15) is 0 Å². The van der Waals surface area contributed by atoms with E-state index in [1.165, 1.54) is 0 Å². The Kier molecular flexibility index (Phi) is 3.29. The molecule has 4 nitrogen and oxygen atoms in total. The average molecular weight is 197 g/mol. The Balaban J connectivity index is 2.68. The Bertz CT molecular complexity index is 293. The maximum Gasteiger partial charge on any atom is 0.105 e. The van der Waals surface area contributed by atoms with Crippen molar-refractivity contribution in [3.63, 3.8) is 0 Å². The van der Waals surface area contributed by atoms with Crippen LogP contribution in [0.3, 0.4) is 0 Å². The summed E-state index contributed by atoms with van der Waals surface area (Å²) in [6.07, 6.45) is 4.45. The Morgan fingerprint density at radius 1 is 1.71 bits per heavy atom. The van der Waals surface area contributed by atoms with Crippen LogP contribution in [0.1, 0.15) is 32.1 Å². The van der Waals surface area contributed by atoms with E-state index in [2.05, 4.69) is 16.5 Å². The van der Waals surface area contributed by atoms with E-state index >= 15 is 0 Å². The predicted molar refractivity (Wildman–Crippen MR) is 56.0 cm³/mol. The molecule has 0 aromatic carbocycles. The van der Waals surface area contributed by atoms with Crippen LogP contribution >= 0.6 is 0 Å². The molecule has 0 saturated heterocycles. The van der Waals surface area contributed by atoms with Crippen molar-refractivity contribution < 1.29 is 5.11 Å². The summed E-state index contributed by atoms with van der Waals surface area (Å²) in [7, 11) is 0. The van der Waals surface area contributed by atoms with Crippen molar-refractivity contribution in [1.29, 1.82) is 0 Å². The van der Waals surface area contributed by atoms with Gasteiger partial charge in [0.2, 0.25) is 0 Å². The Morgan fingerprint density at radius 3 is 2.79 bits per heavy atom. The van der Waals surface area contributed by atoms with Crippen LogP contribution in [-0.4, -0.2) is 26.8 Å². The molecule has 1 aromatic rings. The molecular weight excluding hydrogens is 178 g/mol. The molecule has 0 amide bonds. The van der Waals surface area contributed by atoms with E-state index in [4.69, 9.17) is 10.8 Å². The maximum atomic E-state index is 9.06. The summed E-state index contributed by atoms with van der Waals surface area (Å²) in [5, 5.41) is 9.06. The third kappa shape index (κ3) is 2.56. The number of hydrogen-bond donors (Lipinski definition) is 2. The Hall–Kier alpha value is -0.870. The lowest BCUT2D eigenvalue weighted by Gasteiger charge is -2.26. The number of imidazole rings is 1. The predicted octanol–water partition coefficient (Wildman–Crippen LogP) is 0.852. The fraction of sp³-hybridized carbons (Fsp3) is 0.700. The molecule has 80 valence electrons. The zero-order chi connectivity index (χ0) is 10.8. The van der Waals surface area contributed by atoms with Crippen molar-refractivity contribution >= 4 is 0 Å². The average Bonchev–Trinajstić information content (AvgIpc) is 2.51. The lowest BCUT2D eigenvalue weighted by molar-refractivity contribution is 0.185. The fourth-order valence-electron chi connectivity index (χ4n) is 1.69. The summed E-state index contributed by atoms with van der Waals surface area (Å²) in [6, 6.07) is 0.264. The standard InChI is InChI=1S/C10H19N3O/c1-8(6-10(3,11)7-14)13-5-4-12-9(13)2/h4-5,8,14H,6-7,11H2,1-3H3. The SMILES string of the molecule is Cc1nccn1C(C)CC(C)(N)CO. The van der Waals surface area contributed by atoms with Gasteiger partial charge in [0.1, 0.15) is 5.82 Å². The summed E-state index contributed by atoms with van der Waals surface area (Å²) in [4.78, 5) is 4.15. The number of aliphatic hydroxyl groups is 1. The van der Waals surface area contributed by atoms with Crippen molar-refractivity contribution in [2.75, 3.05) is 6.61 Å². The van der Waals surface area contributed by atoms with Gasteiger partial charge in [0.15, 0.2) is 0 Å². The number of hydrogen-bond acceptors (Lipinski definition) is 3. The molecule has 1 rings (SSSR count). The van der Waals surface area contributed by atoms with Gasteiger partial charge in [0.05, 0.1) is 6.61 Å². The van der Waals surface area contributed by atoms with Crippen LogP contribution < -0.4 is 5.73 Å². The van der Waals surface area contributed by atoms with E-state index in [1.807, 2.05) is 20.0 Å². The summed E-state index contributed by atoms with van der Waals surface area (Å²) in [5.74, 6) is 0.978. The summed E-state index contributed by atoms with van der Waals surface area (Å²) in [6.45, 7) is 5.90. The number of aromatic nitrogens is 2. The van der Waals surface area contributed by atoms with Crippen molar-refractivity contribution in [2.24, 2.45) is 5.73 Å². The second-order valence-electron chi connectivity index (χ2n) is 4.25. The van der Waals surface area contributed by atoms with Gasteiger partial charge >= 0.3 is 0 Å². The lowest BCUT2D eigenvalue weighted by Crippen LogP contribution is -2.42. The van der Waals surface area contributed by atoms with Gasteiger partial charge in [0, 0.05) is 24.0 Å². The van der Waals surface area contributed by atoms with E-state index < -0.39 is 5.54 Å². The second-order valence-corrected chi connectivity index (χ2v) is 4.25. The highest BCUT2D eigenvalue weighted by Gasteiger charge is 2.21. The van der Waals surface area contributed by atoms with Crippen LogP contribution in [0.2, 0.25) is 0 Å². The smallest absolute Gasteiger partial charge is 0.105 e. The van der Waals surface area contributed by atoms with E-state index in [9.17, 15) is 0 Å². The van der Waals surface area contributed by atoms with Crippen LogP contribution in [0.4, 0.5) is 0 Å². The molecule has 2 unspecified atom stereocenters. The molecule has 0 aliphatic rings. The highest BCUT2D eigenvalue weighted by molar-refractivity contribution is 4.93.